The molecule has 0 atom stereocenters. The molecule has 1 N–H and O–H groups in total. The highest BCUT2D eigenvalue weighted by molar-refractivity contribution is 5.19. The molecule has 1 aromatic rings. The quantitative estimate of drug-likeness (QED) is 0.742. The summed E-state index contributed by atoms with van der Waals surface area (Å²) in [5.74, 6) is 0.721. The summed E-state index contributed by atoms with van der Waals surface area (Å²) in [6.45, 7) is 0. The van der Waals surface area contributed by atoms with E-state index in [0.717, 1.165) is 18.8 Å². The SMILES string of the molecule is OC1CCCC(c2ccccc2)CCC1. The zero-order chi connectivity index (χ0) is 10.5. The van der Waals surface area contributed by atoms with Crippen LogP contribution >= 0.6 is 0 Å². The molecular formula is C14H20O. The number of benzene rings is 1. The van der Waals surface area contributed by atoms with Crippen LogP contribution in [0.25, 0.3) is 0 Å². The van der Waals surface area contributed by atoms with Gasteiger partial charge in [-0.3, -0.25) is 0 Å². The van der Waals surface area contributed by atoms with Crippen molar-refractivity contribution >= 4 is 0 Å². The van der Waals surface area contributed by atoms with E-state index >= 15 is 0 Å². The fourth-order valence-corrected chi connectivity index (χ4v) is 2.55. The van der Waals surface area contributed by atoms with Crippen LogP contribution in [0.15, 0.2) is 30.3 Å². The lowest BCUT2D eigenvalue weighted by molar-refractivity contribution is 0.139. The summed E-state index contributed by atoms with van der Waals surface area (Å²) >= 11 is 0. The third kappa shape index (κ3) is 3.07. The highest BCUT2D eigenvalue weighted by Crippen LogP contribution is 2.30. The summed E-state index contributed by atoms with van der Waals surface area (Å²) in [6, 6.07) is 10.8. The van der Waals surface area contributed by atoms with Gasteiger partial charge in [-0.05, 0) is 37.2 Å². The Balaban J connectivity index is 1.98. The standard InChI is InChI=1S/C14H20O/c15-14-10-4-8-13(9-5-11-14)12-6-2-1-3-7-12/h1-3,6-7,13-15H,4-5,8-11H2. The van der Waals surface area contributed by atoms with Gasteiger partial charge in [0.2, 0.25) is 0 Å². The molecule has 1 saturated carbocycles. The maximum Gasteiger partial charge on any atom is 0.0540 e. The van der Waals surface area contributed by atoms with Gasteiger partial charge < -0.3 is 5.11 Å². The van der Waals surface area contributed by atoms with Crippen molar-refractivity contribution in [3.8, 4) is 0 Å². The molecule has 0 saturated heterocycles. The predicted molar refractivity (Wildman–Crippen MR) is 62.9 cm³/mol. The lowest BCUT2D eigenvalue weighted by Gasteiger charge is -2.22. The second-order valence-electron chi connectivity index (χ2n) is 4.62. The maximum atomic E-state index is 9.57. The van der Waals surface area contributed by atoms with Crippen molar-refractivity contribution in [3.05, 3.63) is 35.9 Å². The first-order chi connectivity index (χ1) is 7.36. The van der Waals surface area contributed by atoms with Gasteiger partial charge in [-0.25, -0.2) is 0 Å². The van der Waals surface area contributed by atoms with Crippen molar-refractivity contribution in [2.75, 3.05) is 0 Å². The molecule has 1 nitrogen and oxygen atoms in total. The van der Waals surface area contributed by atoms with Crippen LogP contribution in [0.3, 0.4) is 0 Å². The van der Waals surface area contributed by atoms with Crippen LogP contribution in [0.1, 0.15) is 50.0 Å². The van der Waals surface area contributed by atoms with Crippen LogP contribution < -0.4 is 0 Å². The van der Waals surface area contributed by atoms with Crippen LogP contribution in [-0.2, 0) is 0 Å². The van der Waals surface area contributed by atoms with Gasteiger partial charge in [0, 0.05) is 0 Å². The molecule has 15 heavy (non-hydrogen) atoms. The van der Waals surface area contributed by atoms with Gasteiger partial charge >= 0.3 is 0 Å². The van der Waals surface area contributed by atoms with E-state index in [1.165, 1.54) is 31.2 Å². The Labute approximate surface area is 92.1 Å². The molecule has 2 rings (SSSR count). The first-order valence-corrected chi connectivity index (χ1v) is 6.09. The van der Waals surface area contributed by atoms with E-state index in [2.05, 4.69) is 30.3 Å². The first-order valence-electron chi connectivity index (χ1n) is 6.09. The van der Waals surface area contributed by atoms with Crippen LogP contribution in [0.5, 0.6) is 0 Å². The Kier molecular flexibility index (Phi) is 3.79. The van der Waals surface area contributed by atoms with Crippen molar-refractivity contribution < 1.29 is 5.11 Å². The molecule has 1 aliphatic rings. The van der Waals surface area contributed by atoms with Gasteiger partial charge in [-0.2, -0.15) is 0 Å². The Bertz CT molecular complexity index is 271. The lowest BCUT2D eigenvalue weighted by atomic mass is 9.85. The second kappa shape index (κ2) is 5.32. The van der Waals surface area contributed by atoms with Crippen molar-refractivity contribution in [3.63, 3.8) is 0 Å². The second-order valence-corrected chi connectivity index (χ2v) is 4.62. The van der Waals surface area contributed by atoms with Crippen LogP contribution in [-0.4, -0.2) is 11.2 Å². The Morgan fingerprint density at radius 3 is 2.07 bits per heavy atom. The Hall–Kier alpha value is -0.820. The van der Waals surface area contributed by atoms with E-state index in [9.17, 15) is 5.11 Å². The van der Waals surface area contributed by atoms with Gasteiger partial charge in [0.1, 0.15) is 0 Å². The number of aliphatic hydroxyl groups excluding tert-OH is 1. The smallest absolute Gasteiger partial charge is 0.0540 e. The Morgan fingerprint density at radius 2 is 1.47 bits per heavy atom. The van der Waals surface area contributed by atoms with Crippen molar-refractivity contribution in [1.29, 1.82) is 0 Å². The van der Waals surface area contributed by atoms with E-state index < -0.39 is 0 Å². The largest absolute Gasteiger partial charge is 0.393 e. The van der Waals surface area contributed by atoms with E-state index in [4.69, 9.17) is 0 Å². The summed E-state index contributed by atoms with van der Waals surface area (Å²) in [6.07, 6.45) is 6.75. The van der Waals surface area contributed by atoms with E-state index in [1.54, 1.807) is 0 Å². The summed E-state index contributed by atoms with van der Waals surface area (Å²) in [4.78, 5) is 0. The van der Waals surface area contributed by atoms with Crippen molar-refractivity contribution in [2.24, 2.45) is 0 Å². The Morgan fingerprint density at radius 1 is 0.867 bits per heavy atom. The molecule has 1 fully saturated rings. The highest BCUT2D eigenvalue weighted by Gasteiger charge is 2.16. The average Bonchev–Trinajstić information content (AvgIpc) is 2.24. The van der Waals surface area contributed by atoms with Crippen LogP contribution in [0.2, 0.25) is 0 Å². The zero-order valence-corrected chi connectivity index (χ0v) is 9.23. The average molecular weight is 204 g/mol. The molecule has 0 bridgehead atoms. The topological polar surface area (TPSA) is 20.2 Å². The molecular weight excluding hydrogens is 184 g/mol. The van der Waals surface area contributed by atoms with E-state index in [-0.39, 0.29) is 6.10 Å². The zero-order valence-electron chi connectivity index (χ0n) is 9.23. The van der Waals surface area contributed by atoms with Gasteiger partial charge in [-0.1, -0.05) is 43.2 Å². The molecule has 0 unspecified atom stereocenters. The molecule has 0 heterocycles. The van der Waals surface area contributed by atoms with Crippen molar-refractivity contribution in [1.82, 2.24) is 0 Å². The summed E-state index contributed by atoms with van der Waals surface area (Å²) in [5, 5.41) is 9.57. The molecule has 1 aliphatic carbocycles. The summed E-state index contributed by atoms with van der Waals surface area (Å²) in [7, 11) is 0. The minimum atomic E-state index is -0.0401. The number of aliphatic hydroxyl groups is 1. The molecule has 1 heteroatoms. The maximum absolute atomic E-state index is 9.57. The number of hydrogen-bond acceptors (Lipinski definition) is 1. The highest BCUT2D eigenvalue weighted by atomic mass is 16.3. The third-order valence-corrected chi connectivity index (χ3v) is 3.45. The minimum absolute atomic E-state index is 0.0401. The minimum Gasteiger partial charge on any atom is -0.393 e. The molecule has 0 aromatic heterocycles. The monoisotopic (exact) mass is 204 g/mol. The first kappa shape index (κ1) is 10.7. The molecule has 0 radical (unpaired) electrons. The van der Waals surface area contributed by atoms with Crippen molar-refractivity contribution in [2.45, 2.75) is 50.5 Å². The molecule has 0 aliphatic heterocycles. The number of rotatable bonds is 1. The van der Waals surface area contributed by atoms with Gasteiger partial charge in [0.05, 0.1) is 6.10 Å². The van der Waals surface area contributed by atoms with E-state index in [0.29, 0.717) is 0 Å². The summed E-state index contributed by atoms with van der Waals surface area (Å²) in [5.41, 5.74) is 1.48. The predicted octanol–water partition coefficient (Wildman–Crippen LogP) is 3.49. The van der Waals surface area contributed by atoms with Gasteiger partial charge in [0.15, 0.2) is 0 Å². The van der Waals surface area contributed by atoms with Crippen LogP contribution in [0, 0.1) is 0 Å². The van der Waals surface area contributed by atoms with Gasteiger partial charge in [0.25, 0.3) is 0 Å². The number of hydrogen-bond donors (Lipinski definition) is 1. The van der Waals surface area contributed by atoms with E-state index in [1.807, 2.05) is 0 Å². The third-order valence-electron chi connectivity index (χ3n) is 3.45. The van der Waals surface area contributed by atoms with Gasteiger partial charge in [-0.15, -0.1) is 0 Å². The molecule has 1 aromatic carbocycles. The lowest BCUT2D eigenvalue weighted by Crippen LogP contribution is -2.11. The fourth-order valence-electron chi connectivity index (χ4n) is 2.55. The molecule has 82 valence electrons. The molecule has 0 amide bonds. The fraction of sp³-hybridized carbons (Fsp3) is 0.571. The normalized spacial score (nSPS) is 28.1. The van der Waals surface area contributed by atoms with Crippen LogP contribution in [0.4, 0.5) is 0 Å². The molecule has 0 spiro atoms. The summed E-state index contributed by atoms with van der Waals surface area (Å²) < 4.78 is 0.